The lowest BCUT2D eigenvalue weighted by Gasteiger charge is -2.30. The van der Waals surface area contributed by atoms with Gasteiger partial charge in [-0.2, -0.15) is 13.2 Å². The number of allylic oxidation sites excluding steroid dienone is 2. The Labute approximate surface area is 180 Å². The van der Waals surface area contributed by atoms with Gasteiger partial charge in [-0.15, -0.1) is 0 Å². The highest BCUT2D eigenvalue weighted by molar-refractivity contribution is 6.12. The zero-order valence-corrected chi connectivity index (χ0v) is 18.1. The third-order valence-electron chi connectivity index (χ3n) is 5.46. The molecule has 4 nitrogen and oxygen atoms in total. The first-order valence-electron chi connectivity index (χ1n) is 9.91. The van der Waals surface area contributed by atoms with E-state index in [0.717, 1.165) is 12.6 Å². The van der Waals surface area contributed by atoms with Crippen molar-refractivity contribution >= 4 is 17.7 Å². The molecule has 0 heterocycles. The molecule has 2 aromatic carbocycles. The van der Waals surface area contributed by atoms with Crippen molar-refractivity contribution in [3.05, 3.63) is 59.2 Å². The third-order valence-corrected chi connectivity index (χ3v) is 5.46. The Morgan fingerprint density at radius 2 is 1.87 bits per heavy atom. The van der Waals surface area contributed by atoms with Gasteiger partial charge >= 0.3 is 6.18 Å². The van der Waals surface area contributed by atoms with Crippen LogP contribution < -0.4 is 10.5 Å². The second kappa shape index (κ2) is 9.37. The SMILES string of the molecule is C/C=C(\C=N)c1cc(OC)cc2c1-c1ccccc1C2(C)C(F)(F)F.CCCC(N)=O. The molecule has 0 aromatic heterocycles. The van der Waals surface area contributed by atoms with Crippen LogP contribution in [0.5, 0.6) is 5.75 Å². The molecule has 0 radical (unpaired) electrons. The van der Waals surface area contributed by atoms with Crippen LogP contribution in [-0.2, 0) is 10.2 Å². The van der Waals surface area contributed by atoms with Gasteiger partial charge in [0.1, 0.15) is 11.2 Å². The number of carbonyl (C=O) groups is 1. The summed E-state index contributed by atoms with van der Waals surface area (Å²) in [5.41, 5.74) is 5.24. The summed E-state index contributed by atoms with van der Waals surface area (Å²) in [6, 6.07) is 9.75. The van der Waals surface area contributed by atoms with E-state index in [1.807, 2.05) is 6.92 Å². The topological polar surface area (TPSA) is 76.2 Å². The molecule has 1 aliphatic rings. The molecular weight excluding hydrogens is 405 g/mol. The van der Waals surface area contributed by atoms with Crippen molar-refractivity contribution in [3.8, 4) is 16.9 Å². The van der Waals surface area contributed by atoms with E-state index in [0.29, 0.717) is 34.4 Å². The maximum Gasteiger partial charge on any atom is 0.402 e. The fraction of sp³-hybridized carbons (Fsp3) is 0.333. The minimum Gasteiger partial charge on any atom is -0.497 e. The van der Waals surface area contributed by atoms with Crippen LogP contribution in [0.1, 0.15) is 50.3 Å². The molecule has 0 spiro atoms. The van der Waals surface area contributed by atoms with E-state index in [1.54, 1.807) is 37.3 Å². The van der Waals surface area contributed by atoms with Crippen LogP contribution in [0.15, 0.2) is 42.5 Å². The lowest BCUT2D eigenvalue weighted by molar-refractivity contribution is -0.172. The van der Waals surface area contributed by atoms with Gasteiger partial charge in [-0.1, -0.05) is 37.3 Å². The number of benzene rings is 2. The third kappa shape index (κ3) is 4.36. The van der Waals surface area contributed by atoms with Gasteiger partial charge in [-0.05, 0) is 65.8 Å². The quantitative estimate of drug-likeness (QED) is 0.580. The predicted molar refractivity (Wildman–Crippen MR) is 117 cm³/mol. The number of fused-ring (bicyclic) bond motifs is 3. The number of amides is 1. The molecule has 0 saturated heterocycles. The monoisotopic (exact) mass is 432 g/mol. The molecule has 0 bridgehead atoms. The fourth-order valence-electron chi connectivity index (χ4n) is 3.80. The summed E-state index contributed by atoms with van der Waals surface area (Å²) >= 11 is 0. The molecule has 1 amide bonds. The summed E-state index contributed by atoms with van der Waals surface area (Å²) < 4.78 is 47.7. The lowest BCUT2D eigenvalue weighted by atomic mass is 9.79. The highest BCUT2D eigenvalue weighted by Gasteiger charge is 2.58. The lowest BCUT2D eigenvalue weighted by Crippen LogP contribution is -2.38. The van der Waals surface area contributed by atoms with Crippen molar-refractivity contribution in [1.82, 2.24) is 0 Å². The average molecular weight is 432 g/mol. The van der Waals surface area contributed by atoms with Crippen molar-refractivity contribution in [2.75, 3.05) is 7.11 Å². The second-order valence-electron chi connectivity index (χ2n) is 7.37. The first kappa shape index (κ1) is 24.2. The molecule has 2 aromatic rings. The van der Waals surface area contributed by atoms with Crippen molar-refractivity contribution < 1.29 is 22.7 Å². The summed E-state index contributed by atoms with van der Waals surface area (Å²) in [5.74, 6) is 0.135. The molecule has 1 atom stereocenters. The van der Waals surface area contributed by atoms with E-state index in [9.17, 15) is 18.0 Å². The van der Waals surface area contributed by atoms with Crippen LogP contribution in [0.2, 0.25) is 0 Å². The van der Waals surface area contributed by atoms with E-state index < -0.39 is 11.6 Å². The molecule has 0 saturated carbocycles. The van der Waals surface area contributed by atoms with Crippen LogP contribution in [0, 0.1) is 5.41 Å². The number of primary amides is 1. The molecule has 0 aliphatic heterocycles. The average Bonchev–Trinajstić information content (AvgIpc) is 2.99. The Hall–Kier alpha value is -3.09. The number of rotatable bonds is 5. The number of alkyl halides is 3. The van der Waals surface area contributed by atoms with E-state index in [4.69, 9.17) is 15.9 Å². The number of carbonyl (C=O) groups excluding carboxylic acids is 1. The Kier molecular flexibility index (Phi) is 7.31. The minimum absolute atomic E-state index is 0.164. The summed E-state index contributed by atoms with van der Waals surface area (Å²) in [6.45, 7) is 4.89. The van der Waals surface area contributed by atoms with E-state index in [1.165, 1.54) is 26.2 Å². The van der Waals surface area contributed by atoms with Gasteiger partial charge in [0.25, 0.3) is 0 Å². The molecule has 3 N–H and O–H groups in total. The Morgan fingerprint density at radius 1 is 1.23 bits per heavy atom. The maximum atomic E-state index is 14.1. The maximum absolute atomic E-state index is 14.1. The van der Waals surface area contributed by atoms with E-state index in [-0.39, 0.29) is 17.0 Å². The summed E-state index contributed by atoms with van der Waals surface area (Å²) in [7, 11) is 1.43. The Bertz CT molecular complexity index is 1010. The van der Waals surface area contributed by atoms with Crippen LogP contribution in [0.25, 0.3) is 16.7 Å². The van der Waals surface area contributed by atoms with Crippen LogP contribution in [0.3, 0.4) is 0 Å². The normalized spacial score (nSPS) is 17.2. The fourth-order valence-corrected chi connectivity index (χ4v) is 3.80. The largest absolute Gasteiger partial charge is 0.497 e. The number of ether oxygens (including phenoxy) is 1. The number of methoxy groups -OCH3 is 1. The van der Waals surface area contributed by atoms with Crippen LogP contribution >= 0.6 is 0 Å². The minimum atomic E-state index is -4.46. The smallest absolute Gasteiger partial charge is 0.402 e. The van der Waals surface area contributed by atoms with Crippen molar-refractivity contribution in [1.29, 1.82) is 5.41 Å². The highest BCUT2D eigenvalue weighted by Crippen LogP contribution is 2.58. The predicted octanol–water partition coefficient (Wildman–Crippen LogP) is 5.87. The number of halogens is 3. The zero-order valence-electron chi connectivity index (χ0n) is 18.1. The molecular formula is C24H27F3N2O2. The van der Waals surface area contributed by atoms with E-state index in [2.05, 4.69) is 0 Å². The Balaban J connectivity index is 0.000000501. The zero-order chi connectivity index (χ0) is 23.4. The van der Waals surface area contributed by atoms with Crippen molar-refractivity contribution in [3.63, 3.8) is 0 Å². The molecule has 31 heavy (non-hydrogen) atoms. The molecule has 1 aliphatic carbocycles. The number of hydrogen-bond donors (Lipinski definition) is 2. The second-order valence-corrected chi connectivity index (χ2v) is 7.37. The molecule has 7 heteroatoms. The van der Waals surface area contributed by atoms with Gasteiger partial charge < -0.3 is 15.9 Å². The standard InChI is InChI=1S/C20H18F3NO.C4H9NO/c1-4-12(11-24)15-9-13(25-3)10-17-18(15)14-7-5-6-8-16(14)19(17,2)20(21,22)23;1-2-3-4(5)6/h4-11,24H,1-3H3;2-3H2,1H3,(H2,5,6)/b12-4+,24-11?;. The van der Waals surface area contributed by atoms with Gasteiger partial charge in [0.05, 0.1) is 7.11 Å². The summed E-state index contributed by atoms with van der Waals surface area (Å²) in [4.78, 5) is 9.82. The van der Waals surface area contributed by atoms with Gasteiger partial charge in [0, 0.05) is 12.6 Å². The van der Waals surface area contributed by atoms with Crippen molar-refractivity contribution in [2.45, 2.75) is 45.2 Å². The van der Waals surface area contributed by atoms with Crippen molar-refractivity contribution in [2.24, 2.45) is 5.73 Å². The highest BCUT2D eigenvalue weighted by atomic mass is 19.4. The first-order valence-corrected chi connectivity index (χ1v) is 9.91. The summed E-state index contributed by atoms with van der Waals surface area (Å²) in [5, 5.41) is 7.64. The van der Waals surface area contributed by atoms with Gasteiger partial charge in [-0.25, -0.2) is 0 Å². The van der Waals surface area contributed by atoms with Crippen LogP contribution in [0.4, 0.5) is 13.2 Å². The first-order chi connectivity index (χ1) is 14.6. The molecule has 0 fully saturated rings. The Morgan fingerprint density at radius 3 is 2.32 bits per heavy atom. The van der Waals surface area contributed by atoms with Gasteiger partial charge in [-0.3, -0.25) is 4.79 Å². The van der Waals surface area contributed by atoms with E-state index >= 15 is 0 Å². The molecule has 3 rings (SSSR count). The van der Waals surface area contributed by atoms with Gasteiger partial charge in [0.2, 0.25) is 5.91 Å². The summed E-state index contributed by atoms with van der Waals surface area (Å²) in [6.07, 6.45) is -0.219. The number of nitrogens with two attached hydrogens (primary N) is 1. The number of nitrogens with one attached hydrogen (secondary N) is 1. The molecule has 166 valence electrons. The molecule has 1 unspecified atom stereocenters. The van der Waals surface area contributed by atoms with Gasteiger partial charge in [0.15, 0.2) is 0 Å². The van der Waals surface area contributed by atoms with Crippen LogP contribution in [-0.4, -0.2) is 25.4 Å². The number of hydrogen-bond acceptors (Lipinski definition) is 3.